The van der Waals surface area contributed by atoms with Crippen LogP contribution in [0.25, 0.3) is 0 Å². The van der Waals surface area contributed by atoms with E-state index in [0.29, 0.717) is 6.42 Å². The number of carbonyl (C=O) groups is 1. The summed E-state index contributed by atoms with van der Waals surface area (Å²) in [7, 11) is 0. The van der Waals surface area contributed by atoms with Gasteiger partial charge in [-0.25, -0.2) is 0 Å². The van der Waals surface area contributed by atoms with Gasteiger partial charge in [-0.2, -0.15) is 13.2 Å². The van der Waals surface area contributed by atoms with E-state index in [1.165, 1.54) is 0 Å². The molecular formula is C9H17F3N2O. The summed E-state index contributed by atoms with van der Waals surface area (Å²) < 4.78 is 35.2. The molecule has 0 aromatic carbocycles. The standard InChI is InChI=1S/C9H17F3N2O/c1-6(2)5-7(13)8(15)14-4-3-9(10,11)12/h6-7H,3-5,13H2,1-2H3,(H,14,15)/t7-/m0/s1. The molecule has 3 nitrogen and oxygen atoms in total. The Kier molecular flexibility index (Phi) is 5.64. The van der Waals surface area contributed by atoms with E-state index in [4.69, 9.17) is 5.73 Å². The summed E-state index contributed by atoms with van der Waals surface area (Å²) in [5.41, 5.74) is 5.47. The molecule has 0 rings (SSSR count). The van der Waals surface area contributed by atoms with Crippen molar-refractivity contribution in [2.75, 3.05) is 6.54 Å². The first-order valence-corrected chi connectivity index (χ1v) is 4.82. The molecule has 90 valence electrons. The molecule has 0 fully saturated rings. The summed E-state index contributed by atoms with van der Waals surface area (Å²) >= 11 is 0. The van der Waals surface area contributed by atoms with Crippen LogP contribution in [0.1, 0.15) is 26.7 Å². The van der Waals surface area contributed by atoms with Crippen LogP contribution in [0.4, 0.5) is 13.2 Å². The number of carbonyl (C=O) groups excluding carboxylic acids is 1. The molecule has 0 aliphatic carbocycles. The molecular weight excluding hydrogens is 209 g/mol. The number of halogens is 3. The fourth-order valence-electron chi connectivity index (χ4n) is 1.07. The highest BCUT2D eigenvalue weighted by Crippen LogP contribution is 2.18. The van der Waals surface area contributed by atoms with Crippen LogP contribution in [-0.4, -0.2) is 24.7 Å². The molecule has 15 heavy (non-hydrogen) atoms. The minimum absolute atomic E-state index is 0.244. The van der Waals surface area contributed by atoms with Gasteiger partial charge in [0.2, 0.25) is 5.91 Å². The van der Waals surface area contributed by atoms with Gasteiger partial charge in [0.1, 0.15) is 0 Å². The highest BCUT2D eigenvalue weighted by molar-refractivity contribution is 5.81. The third-order valence-corrected chi connectivity index (χ3v) is 1.77. The number of hydrogen-bond acceptors (Lipinski definition) is 2. The lowest BCUT2D eigenvalue weighted by molar-refractivity contribution is -0.136. The predicted molar refractivity (Wildman–Crippen MR) is 51.1 cm³/mol. The first-order chi connectivity index (χ1) is 6.72. The van der Waals surface area contributed by atoms with Crippen molar-refractivity contribution < 1.29 is 18.0 Å². The van der Waals surface area contributed by atoms with E-state index in [9.17, 15) is 18.0 Å². The molecule has 0 aliphatic rings. The Morgan fingerprint density at radius 2 is 1.93 bits per heavy atom. The van der Waals surface area contributed by atoms with E-state index in [1.807, 2.05) is 13.8 Å². The normalized spacial score (nSPS) is 14.1. The molecule has 0 saturated heterocycles. The summed E-state index contributed by atoms with van der Waals surface area (Å²) in [6.07, 6.45) is -4.79. The van der Waals surface area contributed by atoms with Gasteiger partial charge < -0.3 is 11.1 Å². The van der Waals surface area contributed by atoms with Crippen LogP contribution in [0, 0.1) is 5.92 Å². The third kappa shape index (κ3) is 8.23. The van der Waals surface area contributed by atoms with E-state index in [2.05, 4.69) is 5.32 Å². The minimum atomic E-state index is -4.24. The summed E-state index contributed by atoms with van der Waals surface area (Å²) in [5.74, 6) is -0.277. The summed E-state index contributed by atoms with van der Waals surface area (Å²) in [5, 5.41) is 2.16. The monoisotopic (exact) mass is 226 g/mol. The quantitative estimate of drug-likeness (QED) is 0.745. The molecule has 1 amide bonds. The lowest BCUT2D eigenvalue weighted by Gasteiger charge is -2.14. The molecule has 0 spiro atoms. The van der Waals surface area contributed by atoms with Crippen molar-refractivity contribution in [3.05, 3.63) is 0 Å². The third-order valence-electron chi connectivity index (χ3n) is 1.77. The van der Waals surface area contributed by atoms with Crippen LogP contribution >= 0.6 is 0 Å². The van der Waals surface area contributed by atoms with E-state index < -0.39 is 31.1 Å². The number of nitrogens with two attached hydrogens (primary N) is 1. The number of rotatable bonds is 5. The molecule has 0 aromatic heterocycles. The number of amides is 1. The zero-order valence-corrected chi connectivity index (χ0v) is 8.90. The largest absolute Gasteiger partial charge is 0.390 e. The molecule has 0 radical (unpaired) electrons. The van der Waals surface area contributed by atoms with Crippen LogP contribution in [0.2, 0.25) is 0 Å². The van der Waals surface area contributed by atoms with Crippen LogP contribution in [0.5, 0.6) is 0 Å². The van der Waals surface area contributed by atoms with Crippen molar-refractivity contribution in [3.8, 4) is 0 Å². The van der Waals surface area contributed by atoms with Gasteiger partial charge in [0.15, 0.2) is 0 Å². The number of hydrogen-bond donors (Lipinski definition) is 2. The summed E-state index contributed by atoms with van der Waals surface area (Å²) in [4.78, 5) is 11.2. The maximum atomic E-state index is 11.7. The van der Waals surface area contributed by atoms with Crippen molar-refractivity contribution in [1.82, 2.24) is 5.32 Å². The van der Waals surface area contributed by atoms with Crippen molar-refractivity contribution in [2.45, 2.75) is 38.9 Å². The Hall–Kier alpha value is -0.780. The molecule has 1 atom stereocenters. The maximum absolute atomic E-state index is 11.7. The molecule has 0 unspecified atom stereocenters. The molecule has 6 heteroatoms. The van der Waals surface area contributed by atoms with Gasteiger partial charge in [-0.15, -0.1) is 0 Å². The summed E-state index contributed by atoms with van der Waals surface area (Å²) in [6.45, 7) is 3.37. The summed E-state index contributed by atoms with van der Waals surface area (Å²) in [6, 6.07) is -0.724. The van der Waals surface area contributed by atoms with Crippen LogP contribution in [0.3, 0.4) is 0 Å². The van der Waals surface area contributed by atoms with Gasteiger partial charge in [0.25, 0.3) is 0 Å². The Bertz CT molecular complexity index is 204. The molecule has 0 aliphatic heterocycles. The lowest BCUT2D eigenvalue weighted by Crippen LogP contribution is -2.42. The van der Waals surface area contributed by atoms with Crippen LogP contribution in [-0.2, 0) is 4.79 Å². The number of alkyl halides is 3. The van der Waals surface area contributed by atoms with Crippen LogP contribution < -0.4 is 11.1 Å². The van der Waals surface area contributed by atoms with Gasteiger partial charge in [-0.05, 0) is 12.3 Å². The molecule has 3 N–H and O–H groups in total. The van der Waals surface area contributed by atoms with E-state index in [-0.39, 0.29) is 5.92 Å². The van der Waals surface area contributed by atoms with Crippen molar-refractivity contribution >= 4 is 5.91 Å². The molecule has 0 saturated carbocycles. The zero-order chi connectivity index (χ0) is 12.1. The second-order valence-corrected chi connectivity index (χ2v) is 3.89. The van der Waals surface area contributed by atoms with Gasteiger partial charge in [0, 0.05) is 6.54 Å². The SMILES string of the molecule is CC(C)C[C@H](N)C(=O)NCCC(F)(F)F. The highest BCUT2D eigenvalue weighted by atomic mass is 19.4. The average Bonchev–Trinajstić information content (AvgIpc) is 2.00. The maximum Gasteiger partial charge on any atom is 0.390 e. The fourth-order valence-corrected chi connectivity index (χ4v) is 1.07. The van der Waals surface area contributed by atoms with E-state index >= 15 is 0 Å². The molecule has 0 heterocycles. The Labute approximate surface area is 87.2 Å². The van der Waals surface area contributed by atoms with Crippen LogP contribution in [0.15, 0.2) is 0 Å². The first kappa shape index (κ1) is 14.2. The lowest BCUT2D eigenvalue weighted by atomic mass is 10.0. The van der Waals surface area contributed by atoms with Crippen molar-refractivity contribution in [3.63, 3.8) is 0 Å². The topological polar surface area (TPSA) is 55.1 Å². The average molecular weight is 226 g/mol. The minimum Gasteiger partial charge on any atom is -0.354 e. The highest BCUT2D eigenvalue weighted by Gasteiger charge is 2.27. The van der Waals surface area contributed by atoms with Gasteiger partial charge in [-0.3, -0.25) is 4.79 Å². The second-order valence-electron chi connectivity index (χ2n) is 3.89. The zero-order valence-electron chi connectivity index (χ0n) is 8.90. The number of nitrogens with one attached hydrogen (secondary N) is 1. The molecule has 0 aromatic rings. The molecule has 0 bridgehead atoms. The van der Waals surface area contributed by atoms with Gasteiger partial charge in [0.05, 0.1) is 12.5 Å². The van der Waals surface area contributed by atoms with Crippen molar-refractivity contribution in [1.29, 1.82) is 0 Å². The van der Waals surface area contributed by atoms with E-state index in [0.717, 1.165) is 0 Å². The second kappa shape index (κ2) is 5.95. The van der Waals surface area contributed by atoms with Gasteiger partial charge >= 0.3 is 6.18 Å². The Morgan fingerprint density at radius 1 is 1.40 bits per heavy atom. The van der Waals surface area contributed by atoms with Crippen molar-refractivity contribution in [2.24, 2.45) is 11.7 Å². The first-order valence-electron chi connectivity index (χ1n) is 4.82. The van der Waals surface area contributed by atoms with Gasteiger partial charge in [-0.1, -0.05) is 13.8 Å². The van der Waals surface area contributed by atoms with E-state index in [1.54, 1.807) is 0 Å². The predicted octanol–water partition coefficient (Wildman–Crippen LogP) is 1.43. The fraction of sp³-hybridized carbons (Fsp3) is 0.889. The Morgan fingerprint density at radius 3 is 2.33 bits per heavy atom. The smallest absolute Gasteiger partial charge is 0.354 e. The Balaban J connectivity index is 3.74.